The van der Waals surface area contributed by atoms with E-state index in [1.807, 2.05) is 0 Å². The van der Waals surface area contributed by atoms with Crippen molar-refractivity contribution in [2.24, 2.45) is 0 Å². The number of allylic oxidation sites excluding steroid dienone is 1. The van der Waals surface area contributed by atoms with Crippen molar-refractivity contribution < 1.29 is 27.5 Å². The molecule has 0 atom stereocenters. The minimum absolute atomic E-state index is 0.0299. The normalized spacial score (nSPS) is 11.5. The molecule has 0 aliphatic rings. The molecule has 1 heterocycles. The van der Waals surface area contributed by atoms with Crippen LogP contribution in [-0.2, 0) is 19.6 Å². The minimum Gasteiger partial charge on any atom is -0.497 e. The van der Waals surface area contributed by atoms with Gasteiger partial charge in [0.2, 0.25) is 5.95 Å². The van der Waals surface area contributed by atoms with Crippen LogP contribution in [0.5, 0.6) is 5.75 Å². The van der Waals surface area contributed by atoms with Gasteiger partial charge in [-0.3, -0.25) is 4.79 Å². The molecule has 0 aliphatic heterocycles. The highest BCUT2D eigenvalue weighted by molar-refractivity contribution is 7.92. The molecule has 0 unspecified atom stereocenters. The summed E-state index contributed by atoms with van der Waals surface area (Å²) in [5.74, 6) is -0.641. The molecular weight excluding hydrogens is 472 g/mol. The van der Waals surface area contributed by atoms with E-state index in [1.54, 1.807) is 44.2 Å². The number of rotatable bonds is 9. The van der Waals surface area contributed by atoms with E-state index in [0.717, 1.165) is 6.08 Å². The SMILES string of the molecule is COC(=O)/C(=C/C(=O)c1ccc(OC)cc1)Nc1ccc(S(=O)(=O)Nc2nc(C)cc(C)n2)cc1. The molecule has 0 radical (unpaired) electrons. The van der Waals surface area contributed by atoms with Crippen LogP contribution in [-0.4, -0.2) is 44.4 Å². The van der Waals surface area contributed by atoms with Crippen molar-refractivity contribution in [2.75, 3.05) is 24.3 Å². The topological polar surface area (TPSA) is 137 Å². The summed E-state index contributed by atoms with van der Waals surface area (Å²) in [7, 11) is -1.25. The number of aromatic nitrogens is 2. The van der Waals surface area contributed by atoms with Gasteiger partial charge >= 0.3 is 5.97 Å². The van der Waals surface area contributed by atoms with Gasteiger partial charge in [0.05, 0.1) is 19.1 Å². The molecule has 0 fully saturated rings. The number of aryl methyl sites for hydroxylation is 2. The fraction of sp³-hybridized carbons (Fsp3) is 0.167. The summed E-state index contributed by atoms with van der Waals surface area (Å²) >= 11 is 0. The Bertz CT molecular complexity index is 1350. The fourth-order valence-electron chi connectivity index (χ4n) is 3.05. The molecule has 10 nitrogen and oxygen atoms in total. The van der Waals surface area contributed by atoms with E-state index in [4.69, 9.17) is 9.47 Å². The summed E-state index contributed by atoms with van der Waals surface area (Å²) in [6.07, 6.45) is 1.11. The third-order valence-corrected chi connectivity index (χ3v) is 6.05. The van der Waals surface area contributed by atoms with Crippen molar-refractivity contribution in [1.29, 1.82) is 0 Å². The Morgan fingerprint density at radius 3 is 2.06 bits per heavy atom. The predicted molar refractivity (Wildman–Crippen MR) is 130 cm³/mol. The number of hydrogen-bond donors (Lipinski definition) is 2. The van der Waals surface area contributed by atoms with Gasteiger partial charge in [-0.05, 0) is 68.4 Å². The largest absolute Gasteiger partial charge is 0.497 e. The first kappa shape index (κ1) is 25.4. The average molecular weight is 497 g/mol. The van der Waals surface area contributed by atoms with Gasteiger partial charge in [-0.25, -0.2) is 27.9 Å². The van der Waals surface area contributed by atoms with E-state index in [2.05, 4.69) is 20.0 Å². The molecule has 0 saturated carbocycles. The number of anilines is 2. The third kappa shape index (κ3) is 6.64. The zero-order valence-electron chi connectivity index (χ0n) is 19.5. The van der Waals surface area contributed by atoms with Gasteiger partial charge in [-0.2, -0.15) is 0 Å². The first-order chi connectivity index (χ1) is 16.6. The molecule has 2 aromatic carbocycles. The van der Waals surface area contributed by atoms with E-state index in [-0.39, 0.29) is 16.5 Å². The molecule has 3 aromatic rings. The summed E-state index contributed by atoms with van der Waals surface area (Å²) in [5, 5.41) is 2.80. The number of ketones is 1. The number of carbonyl (C=O) groups excluding carboxylic acids is 2. The molecule has 0 amide bonds. The van der Waals surface area contributed by atoms with Gasteiger partial charge in [-0.1, -0.05) is 0 Å². The maximum Gasteiger partial charge on any atom is 0.354 e. The van der Waals surface area contributed by atoms with Gasteiger partial charge < -0.3 is 14.8 Å². The quantitative estimate of drug-likeness (QED) is 0.260. The second-order valence-electron chi connectivity index (χ2n) is 7.37. The highest BCUT2D eigenvalue weighted by Crippen LogP contribution is 2.19. The monoisotopic (exact) mass is 496 g/mol. The Morgan fingerprint density at radius 2 is 1.51 bits per heavy atom. The summed E-state index contributed by atoms with van der Waals surface area (Å²) in [4.78, 5) is 33.0. The third-order valence-electron chi connectivity index (χ3n) is 4.71. The molecule has 35 heavy (non-hydrogen) atoms. The highest BCUT2D eigenvalue weighted by Gasteiger charge is 2.18. The smallest absolute Gasteiger partial charge is 0.354 e. The number of hydrogen-bond acceptors (Lipinski definition) is 9. The lowest BCUT2D eigenvalue weighted by molar-refractivity contribution is -0.135. The molecule has 0 spiro atoms. The summed E-state index contributed by atoms with van der Waals surface area (Å²) < 4.78 is 37.6. The fourth-order valence-corrected chi connectivity index (χ4v) is 3.99. The molecule has 11 heteroatoms. The summed E-state index contributed by atoms with van der Waals surface area (Å²) in [6.45, 7) is 3.47. The number of sulfonamides is 1. The number of nitrogens with zero attached hydrogens (tertiary/aromatic N) is 2. The van der Waals surface area contributed by atoms with E-state index >= 15 is 0 Å². The van der Waals surface area contributed by atoms with Crippen LogP contribution in [0.3, 0.4) is 0 Å². The molecular formula is C24H24N4O6S. The zero-order chi connectivity index (χ0) is 25.6. The molecule has 3 rings (SSSR count). The second-order valence-corrected chi connectivity index (χ2v) is 9.05. The van der Waals surface area contributed by atoms with Crippen molar-refractivity contribution in [3.8, 4) is 5.75 Å². The van der Waals surface area contributed by atoms with Gasteiger partial charge in [0.25, 0.3) is 10.0 Å². The van der Waals surface area contributed by atoms with Crippen LogP contribution in [0, 0.1) is 13.8 Å². The Hall–Kier alpha value is -4.25. The van der Waals surface area contributed by atoms with Crippen LogP contribution in [0.1, 0.15) is 21.7 Å². The van der Waals surface area contributed by atoms with E-state index in [0.29, 0.717) is 28.4 Å². The molecule has 0 saturated heterocycles. The number of esters is 1. The van der Waals surface area contributed by atoms with Crippen molar-refractivity contribution in [3.63, 3.8) is 0 Å². The maximum atomic E-state index is 12.7. The number of nitrogens with one attached hydrogen (secondary N) is 2. The Balaban J connectivity index is 1.79. The average Bonchev–Trinajstić information content (AvgIpc) is 2.82. The number of benzene rings is 2. The van der Waals surface area contributed by atoms with Crippen LogP contribution in [0.2, 0.25) is 0 Å². The molecule has 1 aromatic heterocycles. The van der Waals surface area contributed by atoms with Crippen LogP contribution < -0.4 is 14.8 Å². The Kier molecular flexibility index (Phi) is 7.82. The van der Waals surface area contributed by atoms with E-state index < -0.39 is 21.8 Å². The minimum atomic E-state index is -3.95. The Morgan fingerprint density at radius 1 is 0.914 bits per heavy atom. The molecule has 182 valence electrons. The van der Waals surface area contributed by atoms with E-state index in [1.165, 1.54) is 38.5 Å². The van der Waals surface area contributed by atoms with Gasteiger partial charge in [0.15, 0.2) is 5.78 Å². The highest BCUT2D eigenvalue weighted by atomic mass is 32.2. The Labute approximate surface area is 203 Å². The van der Waals surface area contributed by atoms with Crippen molar-refractivity contribution in [3.05, 3.63) is 83.3 Å². The predicted octanol–water partition coefficient (Wildman–Crippen LogP) is 3.25. The van der Waals surface area contributed by atoms with Gasteiger partial charge in [0.1, 0.15) is 11.4 Å². The lowest BCUT2D eigenvalue weighted by atomic mass is 10.1. The van der Waals surface area contributed by atoms with Crippen molar-refractivity contribution in [2.45, 2.75) is 18.7 Å². The van der Waals surface area contributed by atoms with Crippen LogP contribution in [0.25, 0.3) is 0 Å². The second kappa shape index (κ2) is 10.8. The summed E-state index contributed by atoms with van der Waals surface area (Å²) in [5.41, 5.74) is 1.84. The van der Waals surface area contributed by atoms with Crippen LogP contribution in [0.4, 0.5) is 11.6 Å². The summed E-state index contributed by atoms with van der Waals surface area (Å²) in [6, 6.07) is 13.7. The van der Waals surface area contributed by atoms with Crippen LogP contribution >= 0.6 is 0 Å². The molecule has 2 N–H and O–H groups in total. The molecule has 0 bridgehead atoms. The lowest BCUT2D eigenvalue weighted by Crippen LogP contribution is -2.16. The molecule has 0 aliphatic carbocycles. The van der Waals surface area contributed by atoms with E-state index in [9.17, 15) is 18.0 Å². The van der Waals surface area contributed by atoms with Crippen molar-refractivity contribution in [1.82, 2.24) is 9.97 Å². The lowest BCUT2D eigenvalue weighted by Gasteiger charge is -2.11. The van der Waals surface area contributed by atoms with Crippen LogP contribution in [0.15, 0.2) is 71.3 Å². The standard InChI is InChI=1S/C24H24N4O6S/c1-15-13-16(2)26-24(25-15)28-35(31,32)20-11-7-18(8-12-20)27-21(23(30)34-4)14-22(29)17-5-9-19(33-3)10-6-17/h5-14,27H,1-4H3,(H,25,26,28)/b21-14-. The number of carbonyl (C=O) groups is 2. The van der Waals surface area contributed by atoms with Crippen molar-refractivity contribution >= 4 is 33.4 Å². The first-order valence-electron chi connectivity index (χ1n) is 10.3. The number of methoxy groups -OCH3 is 2. The zero-order valence-corrected chi connectivity index (χ0v) is 20.3. The van der Waals surface area contributed by atoms with Gasteiger partial charge in [0, 0.05) is 28.7 Å². The number of ether oxygens (including phenoxy) is 2. The maximum absolute atomic E-state index is 12.7. The first-order valence-corrected chi connectivity index (χ1v) is 11.8. The van der Waals surface area contributed by atoms with Gasteiger partial charge in [-0.15, -0.1) is 0 Å².